The number of hydrogen-bond acceptors (Lipinski definition) is 3. The standard InChI is InChI=1S/C4H4F3N3S/c5-2-1-10(4(6)7)9-3(2)11-8/h1,4H,8H2. The smallest absolute Gasteiger partial charge is 0.272 e. The summed E-state index contributed by atoms with van der Waals surface area (Å²) < 4.78 is 36.2. The van der Waals surface area contributed by atoms with Gasteiger partial charge in [0.1, 0.15) is 0 Å². The minimum absolute atomic E-state index is 0.213. The first-order valence-electron chi connectivity index (χ1n) is 2.54. The van der Waals surface area contributed by atoms with Crippen LogP contribution in [0, 0.1) is 5.82 Å². The molecule has 0 spiro atoms. The molecule has 1 rings (SSSR count). The molecule has 1 heterocycles. The lowest BCUT2D eigenvalue weighted by molar-refractivity contribution is 0.0552. The summed E-state index contributed by atoms with van der Waals surface area (Å²) in [6.07, 6.45) is 0.597. The molecule has 0 bridgehead atoms. The maximum absolute atomic E-state index is 12.5. The molecular formula is C4H4F3N3S. The predicted octanol–water partition coefficient (Wildman–Crippen LogP) is 1.38. The van der Waals surface area contributed by atoms with E-state index in [4.69, 9.17) is 5.14 Å². The van der Waals surface area contributed by atoms with Gasteiger partial charge in [-0.2, -0.15) is 13.9 Å². The van der Waals surface area contributed by atoms with Crippen LogP contribution in [-0.2, 0) is 0 Å². The Hall–Kier alpha value is -0.690. The second kappa shape index (κ2) is 3.14. The molecule has 0 fully saturated rings. The van der Waals surface area contributed by atoms with E-state index in [-0.39, 0.29) is 9.71 Å². The van der Waals surface area contributed by atoms with Gasteiger partial charge in [0.2, 0.25) is 0 Å². The van der Waals surface area contributed by atoms with Crippen molar-refractivity contribution >= 4 is 11.9 Å². The maximum atomic E-state index is 12.5. The highest BCUT2D eigenvalue weighted by Gasteiger charge is 2.12. The fourth-order valence-corrected chi connectivity index (χ4v) is 0.839. The molecule has 11 heavy (non-hydrogen) atoms. The number of alkyl halides is 2. The van der Waals surface area contributed by atoms with Crippen molar-refractivity contribution in [1.82, 2.24) is 9.78 Å². The zero-order valence-electron chi connectivity index (χ0n) is 5.17. The van der Waals surface area contributed by atoms with E-state index < -0.39 is 12.4 Å². The van der Waals surface area contributed by atoms with Gasteiger partial charge in [-0.1, -0.05) is 0 Å². The Morgan fingerprint density at radius 3 is 2.55 bits per heavy atom. The summed E-state index contributed by atoms with van der Waals surface area (Å²) in [6, 6.07) is 0. The number of nitrogens with zero attached hydrogens (tertiary/aromatic N) is 2. The lowest BCUT2D eigenvalue weighted by Gasteiger charge is -1.94. The molecule has 0 unspecified atom stereocenters. The molecule has 0 saturated heterocycles. The Labute approximate surface area is 64.5 Å². The van der Waals surface area contributed by atoms with Crippen LogP contribution in [0.1, 0.15) is 6.55 Å². The summed E-state index contributed by atoms with van der Waals surface area (Å²) in [4.78, 5) is 0. The van der Waals surface area contributed by atoms with Gasteiger partial charge in [0, 0.05) is 0 Å². The van der Waals surface area contributed by atoms with Crippen LogP contribution in [0.25, 0.3) is 0 Å². The van der Waals surface area contributed by atoms with E-state index in [1.54, 1.807) is 0 Å². The van der Waals surface area contributed by atoms with E-state index in [0.29, 0.717) is 18.1 Å². The molecule has 2 N–H and O–H groups in total. The van der Waals surface area contributed by atoms with Crippen molar-refractivity contribution in [1.29, 1.82) is 0 Å². The average Bonchev–Trinajstić information content (AvgIpc) is 2.31. The van der Waals surface area contributed by atoms with Crippen molar-refractivity contribution in [3.63, 3.8) is 0 Å². The van der Waals surface area contributed by atoms with E-state index >= 15 is 0 Å². The second-order valence-corrected chi connectivity index (χ2v) is 2.28. The average molecular weight is 183 g/mol. The largest absolute Gasteiger partial charge is 0.333 e. The van der Waals surface area contributed by atoms with E-state index in [2.05, 4.69) is 5.10 Å². The van der Waals surface area contributed by atoms with Gasteiger partial charge in [-0.05, 0) is 11.9 Å². The molecule has 0 aliphatic rings. The van der Waals surface area contributed by atoms with Crippen LogP contribution >= 0.6 is 11.9 Å². The minimum Gasteiger partial charge on any atom is -0.272 e. The number of halogens is 3. The van der Waals surface area contributed by atoms with Gasteiger partial charge in [-0.3, -0.25) is 5.14 Å². The first kappa shape index (κ1) is 8.41. The summed E-state index contributed by atoms with van der Waals surface area (Å²) in [6.45, 7) is -2.83. The van der Waals surface area contributed by atoms with Crippen LogP contribution in [-0.4, -0.2) is 9.78 Å². The number of rotatable bonds is 2. The summed E-state index contributed by atoms with van der Waals surface area (Å²) in [5.41, 5.74) is 0. The second-order valence-electron chi connectivity index (χ2n) is 1.66. The molecule has 0 amide bonds. The molecule has 1 aromatic heterocycles. The summed E-state index contributed by atoms with van der Waals surface area (Å²) in [5.74, 6) is -0.835. The third kappa shape index (κ3) is 1.66. The van der Waals surface area contributed by atoms with Gasteiger partial charge in [0.05, 0.1) is 6.20 Å². The summed E-state index contributed by atoms with van der Waals surface area (Å²) >= 11 is 0.493. The predicted molar refractivity (Wildman–Crippen MR) is 33.5 cm³/mol. The SMILES string of the molecule is NSc1nn(C(F)F)cc1F. The number of aromatic nitrogens is 2. The highest BCUT2D eigenvalue weighted by Crippen LogP contribution is 2.17. The van der Waals surface area contributed by atoms with Crippen molar-refractivity contribution in [2.75, 3.05) is 0 Å². The topological polar surface area (TPSA) is 43.8 Å². The molecule has 0 saturated carbocycles. The quantitative estimate of drug-likeness (QED) is 0.704. The first-order chi connectivity index (χ1) is 5.15. The van der Waals surface area contributed by atoms with Crippen molar-refractivity contribution in [2.24, 2.45) is 5.14 Å². The molecule has 1 aromatic rings. The van der Waals surface area contributed by atoms with Crippen LogP contribution < -0.4 is 5.14 Å². The Bertz CT molecular complexity index is 249. The lowest BCUT2D eigenvalue weighted by Crippen LogP contribution is -1.98. The molecule has 3 nitrogen and oxygen atoms in total. The van der Waals surface area contributed by atoms with Gasteiger partial charge in [0.15, 0.2) is 10.8 Å². The maximum Gasteiger partial charge on any atom is 0.333 e. The van der Waals surface area contributed by atoms with E-state index in [1.807, 2.05) is 0 Å². The third-order valence-electron chi connectivity index (χ3n) is 0.968. The zero-order chi connectivity index (χ0) is 8.43. The number of hydrogen-bond donors (Lipinski definition) is 1. The van der Waals surface area contributed by atoms with Gasteiger partial charge >= 0.3 is 6.55 Å². The van der Waals surface area contributed by atoms with Crippen molar-refractivity contribution in [3.8, 4) is 0 Å². The molecule has 62 valence electrons. The monoisotopic (exact) mass is 183 g/mol. The highest BCUT2D eigenvalue weighted by atomic mass is 32.2. The Morgan fingerprint density at radius 1 is 1.64 bits per heavy atom. The lowest BCUT2D eigenvalue weighted by atomic mass is 10.7. The highest BCUT2D eigenvalue weighted by molar-refractivity contribution is 7.97. The molecule has 0 radical (unpaired) electrons. The Morgan fingerprint density at radius 2 is 2.27 bits per heavy atom. The summed E-state index contributed by atoms with van der Waals surface area (Å²) in [7, 11) is 0. The van der Waals surface area contributed by atoms with Crippen LogP contribution in [0.5, 0.6) is 0 Å². The van der Waals surface area contributed by atoms with Gasteiger partial charge in [0.25, 0.3) is 0 Å². The Kier molecular flexibility index (Phi) is 2.40. The van der Waals surface area contributed by atoms with Gasteiger partial charge in [-0.15, -0.1) is 0 Å². The van der Waals surface area contributed by atoms with Gasteiger partial charge < -0.3 is 0 Å². The molecule has 0 aliphatic carbocycles. The van der Waals surface area contributed by atoms with Crippen LogP contribution in [0.4, 0.5) is 13.2 Å². The molecule has 0 atom stereocenters. The van der Waals surface area contributed by atoms with Crippen molar-refractivity contribution in [2.45, 2.75) is 11.6 Å². The normalized spacial score (nSPS) is 11.0. The first-order valence-corrected chi connectivity index (χ1v) is 3.42. The molecule has 0 aliphatic heterocycles. The minimum atomic E-state index is -2.83. The number of nitrogens with two attached hydrogens (primary N) is 1. The Balaban J connectivity index is 2.95. The van der Waals surface area contributed by atoms with E-state index in [1.165, 1.54) is 0 Å². The zero-order valence-corrected chi connectivity index (χ0v) is 5.99. The fourth-order valence-electron chi connectivity index (χ4n) is 0.533. The molecule has 0 aromatic carbocycles. The van der Waals surface area contributed by atoms with E-state index in [0.717, 1.165) is 0 Å². The summed E-state index contributed by atoms with van der Waals surface area (Å²) in [5, 5.41) is 7.85. The molecular weight excluding hydrogens is 179 g/mol. The van der Waals surface area contributed by atoms with Gasteiger partial charge in [-0.25, -0.2) is 9.07 Å². The van der Waals surface area contributed by atoms with E-state index in [9.17, 15) is 13.2 Å². The third-order valence-corrected chi connectivity index (χ3v) is 1.47. The fraction of sp³-hybridized carbons (Fsp3) is 0.250. The molecule has 7 heteroatoms. The van der Waals surface area contributed by atoms with Crippen LogP contribution in [0.3, 0.4) is 0 Å². The van der Waals surface area contributed by atoms with Crippen LogP contribution in [0.2, 0.25) is 0 Å². The van der Waals surface area contributed by atoms with Crippen molar-refractivity contribution in [3.05, 3.63) is 12.0 Å². The van der Waals surface area contributed by atoms with Crippen LogP contribution in [0.15, 0.2) is 11.2 Å². The van der Waals surface area contributed by atoms with Crippen molar-refractivity contribution < 1.29 is 13.2 Å².